The number of aromatic nitrogens is 1. The van der Waals surface area contributed by atoms with Gasteiger partial charge in [0.2, 0.25) is 11.5 Å². The summed E-state index contributed by atoms with van der Waals surface area (Å²) in [7, 11) is 0. The van der Waals surface area contributed by atoms with Crippen LogP contribution in [0.5, 0.6) is 5.75 Å². The van der Waals surface area contributed by atoms with Crippen molar-refractivity contribution in [3.63, 3.8) is 0 Å². The lowest BCUT2D eigenvalue weighted by molar-refractivity contribution is -0.265. The number of nitrogens with zero attached hydrogens (tertiary/aromatic N) is 1. The van der Waals surface area contributed by atoms with Crippen LogP contribution < -0.4 is 26.4 Å². The SMILES string of the molecule is CCOc1c(CC(N)=O)cc([C@@](O)(CNC(=O)c2cc(F)c(F)c(NC(=O)NC3CC3)c2)C(F)(F)F)nc1-c1ccc(F)cc1. The molecule has 1 aliphatic carbocycles. The number of primary amides is 1. The molecule has 3 aromatic rings. The van der Waals surface area contributed by atoms with Gasteiger partial charge in [0.05, 0.1) is 31.0 Å². The van der Waals surface area contributed by atoms with Crippen LogP contribution in [-0.4, -0.2) is 53.3 Å². The van der Waals surface area contributed by atoms with E-state index in [2.05, 4.69) is 10.3 Å². The van der Waals surface area contributed by atoms with Crippen LogP contribution in [-0.2, 0) is 16.8 Å². The first-order valence-corrected chi connectivity index (χ1v) is 13.5. The zero-order chi connectivity index (χ0) is 33.1. The molecule has 4 rings (SSSR count). The van der Waals surface area contributed by atoms with Crippen LogP contribution in [0.15, 0.2) is 42.5 Å². The average molecular weight is 640 g/mol. The second-order valence-electron chi connectivity index (χ2n) is 10.2. The maximum atomic E-state index is 14.5. The Labute approximate surface area is 252 Å². The smallest absolute Gasteiger partial charge is 0.424 e. The van der Waals surface area contributed by atoms with E-state index in [0.29, 0.717) is 25.0 Å². The summed E-state index contributed by atoms with van der Waals surface area (Å²) in [4.78, 5) is 40.7. The number of nitrogens with one attached hydrogen (secondary N) is 3. The minimum atomic E-state index is -5.51. The van der Waals surface area contributed by atoms with Gasteiger partial charge in [-0.25, -0.2) is 22.9 Å². The van der Waals surface area contributed by atoms with Crippen LogP contribution in [0.3, 0.4) is 0 Å². The summed E-state index contributed by atoms with van der Waals surface area (Å²) in [5, 5.41) is 17.4. The van der Waals surface area contributed by atoms with Gasteiger partial charge < -0.3 is 31.5 Å². The third-order valence-electron chi connectivity index (χ3n) is 6.67. The molecule has 6 N–H and O–H groups in total. The first-order chi connectivity index (χ1) is 21.1. The van der Waals surface area contributed by atoms with Gasteiger partial charge in [-0.2, -0.15) is 13.2 Å². The minimum absolute atomic E-state index is 0.0199. The summed E-state index contributed by atoms with van der Waals surface area (Å²) in [6, 6.07) is 5.19. The number of alkyl halides is 3. The molecular formula is C29H27F6N5O5. The fourth-order valence-electron chi connectivity index (χ4n) is 4.25. The zero-order valence-electron chi connectivity index (χ0n) is 23.5. The summed E-state index contributed by atoms with van der Waals surface area (Å²) < 4.78 is 91.4. The van der Waals surface area contributed by atoms with Gasteiger partial charge in [0.25, 0.3) is 5.91 Å². The molecule has 10 nitrogen and oxygen atoms in total. The molecule has 0 spiro atoms. The number of anilines is 1. The molecule has 0 unspecified atom stereocenters. The molecule has 1 fully saturated rings. The summed E-state index contributed by atoms with van der Waals surface area (Å²) >= 11 is 0. The van der Waals surface area contributed by atoms with E-state index in [1.54, 1.807) is 6.92 Å². The molecule has 1 saturated carbocycles. The van der Waals surface area contributed by atoms with E-state index in [-0.39, 0.29) is 35.2 Å². The zero-order valence-corrected chi connectivity index (χ0v) is 23.5. The summed E-state index contributed by atoms with van der Waals surface area (Å²) in [6.07, 6.45) is -4.77. The number of urea groups is 1. The van der Waals surface area contributed by atoms with Crippen molar-refractivity contribution in [2.75, 3.05) is 18.5 Å². The number of halogens is 6. The molecule has 45 heavy (non-hydrogen) atoms. The standard InChI is InChI=1S/C29H27F6N5O5/c1-2-45-25-15(12-22(36)41)11-21(40-24(25)14-3-5-17(30)6-4-14)28(44,29(33,34)35)13-37-26(42)16-9-19(31)23(32)20(10-16)39-27(43)38-18-7-8-18/h3-6,9-11,18,44H,2,7-8,12-13H2,1H3,(H2,36,41)(H,37,42)(H2,38,39,43)/t28-/m0/s1. The van der Waals surface area contributed by atoms with Crippen LogP contribution in [0.4, 0.5) is 36.8 Å². The molecular weight excluding hydrogens is 612 g/mol. The lowest BCUT2D eigenvalue weighted by Crippen LogP contribution is -2.51. The predicted molar refractivity (Wildman–Crippen MR) is 148 cm³/mol. The molecule has 0 saturated heterocycles. The minimum Gasteiger partial charge on any atom is -0.491 e. The molecule has 1 aliphatic rings. The second-order valence-corrected chi connectivity index (χ2v) is 10.2. The molecule has 1 atom stereocenters. The number of carbonyl (C=O) groups is 3. The van der Waals surface area contributed by atoms with E-state index >= 15 is 0 Å². The quantitative estimate of drug-likeness (QED) is 0.200. The average Bonchev–Trinajstić information content (AvgIpc) is 3.78. The van der Waals surface area contributed by atoms with Crippen molar-refractivity contribution in [1.29, 1.82) is 0 Å². The topological polar surface area (TPSA) is 156 Å². The van der Waals surface area contributed by atoms with Gasteiger partial charge >= 0.3 is 12.2 Å². The van der Waals surface area contributed by atoms with E-state index in [9.17, 15) is 45.8 Å². The number of hydrogen-bond donors (Lipinski definition) is 5. The first-order valence-electron chi connectivity index (χ1n) is 13.5. The molecule has 2 aromatic carbocycles. The van der Waals surface area contributed by atoms with Crippen molar-refractivity contribution in [3.05, 3.63) is 76.7 Å². The number of pyridine rings is 1. The normalized spacial score (nSPS) is 14.3. The molecule has 1 aromatic heterocycles. The van der Waals surface area contributed by atoms with Crippen molar-refractivity contribution >= 4 is 23.5 Å². The Morgan fingerprint density at radius 1 is 1.07 bits per heavy atom. The van der Waals surface area contributed by atoms with Crippen molar-refractivity contribution in [3.8, 4) is 17.0 Å². The van der Waals surface area contributed by atoms with Crippen LogP contribution in [0.1, 0.15) is 41.4 Å². The number of benzene rings is 2. The molecule has 1 heterocycles. The lowest BCUT2D eigenvalue weighted by Gasteiger charge is -2.31. The Kier molecular flexibility index (Phi) is 9.56. The van der Waals surface area contributed by atoms with Gasteiger partial charge in [0.1, 0.15) is 17.3 Å². The van der Waals surface area contributed by atoms with Crippen LogP contribution in [0, 0.1) is 17.5 Å². The highest BCUT2D eigenvalue weighted by Crippen LogP contribution is 2.42. The van der Waals surface area contributed by atoms with Crippen molar-refractivity contribution < 1.29 is 50.6 Å². The van der Waals surface area contributed by atoms with Gasteiger partial charge in [-0.1, -0.05) is 0 Å². The van der Waals surface area contributed by atoms with E-state index < -0.39 is 77.0 Å². The molecule has 240 valence electrons. The largest absolute Gasteiger partial charge is 0.491 e. The number of amides is 4. The Bertz CT molecular complexity index is 1610. The maximum absolute atomic E-state index is 14.5. The lowest BCUT2D eigenvalue weighted by atomic mass is 9.93. The summed E-state index contributed by atoms with van der Waals surface area (Å²) in [5.41, 5.74) is -1.55. The predicted octanol–water partition coefficient (Wildman–Crippen LogP) is 4.06. The monoisotopic (exact) mass is 639 g/mol. The fraction of sp³-hybridized carbons (Fsp3) is 0.310. The number of carbonyl (C=O) groups excluding carboxylic acids is 3. The van der Waals surface area contributed by atoms with Crippen LogP contribution in [0.2, 0.25) is 0 Å². The second kappa shape index (κ2) is 13.0. The van der Waals surface area contributed by atoms with Gasteiger partial charge in [-0.05, 0) is 62.2 Å². The van der Waals surface area contributed by atoms with E-state index in [4.69, 9.17) is 10.5 Å². The van der Waals surface area contributed by atoms with Gasteiger partial charge in [0, 0.05) is 22.7 Å². The molecule has 0 aliphatic heterocycles. The maximum Gasteiger partial charge on any atom is 0.424 e. The Hall–Kier alpha value is -4.86. The molecule has 0 bridgehead atoms. The third kappa shape index (κ3) is 7.63. The summed E-state index contributed by atoms with van der Waals surface area (Å²) in [5.74, 6) is -6.24. The highest BCUT2D eigenvalue weighted by atomic mass is 19.4. The summed E-state index contributed by atoms with van der Waals surface area (Å²) in [6.45, 7) is -0.0518. The molecule has 16 heteroatoms. The van der Waals surface area contributed by atoms with Crippen molar-refractivity contribution in [2.24, 2.45) is 5.73 Å². The number of rotatable bonds is 11. The number of nitrogens with two attached hydrogens (primary N) is 1. The number of ether oxygens (including phenoxy) is 1. The third-order valence-corrected chi connectivity index (χ3v) is 6.67. The van der Waals surface area contributed by atoms with Crippen molar-refractivity contribution in [1.82, 2.24) is 15.6 Å². The fourth-order valence-corrected chi connectivity index (χ4v) is 4.25. The van der Waals surface area contributed by atoms with Crippen LogP contribution in [0.25, 0.3) is 11.3 Å². The van der Waals surface area contributed by atoms with E-state index in [0.717, 1.165) is 18.2 Å². The Morgan fingerprint density at radius 2 is 1.73 bits per heavy atom. The highest BCUT2D eigenvalue weighted by molar-refractivity contribution is 5.97. The van der Waals surface area contributed by atoms with Crippen LogP contribution >= 0.6 is 0 Å². The highest BCUT2D eigenvalue weighted by Gasteiger charge is 2.56. The molecule has 4 amide bonds. The number of aliphatic hydroxyl groups is 1. The number of hydrogen-bond acceptors (Lipinski definition) is 6. The van der Waals surface area contributed by atoms with Crippen molar-refractivity contribution in [2.45, 2.75) is 44.0 Å². The van der Waals surface area contributed by atoms with E-state index in [1.807, 2.05) is 10.6 Å². The molecule has 0 radical (unpaired) electrons. The Balaban J connectivity index is 1.72. The van der Waals surface area contributed by atoms with Gasteiger partial charge in [-0.3, -0.25) is 9.59 Å². The van der Waals surface area contributed by atoms with E-state index in [1.165, 1.54) is 12.1 Å². The first kappa shape index (κ1) is 33.0. The van der Waals surface area contributed by atoms with Gasteiger partial charge in [0.15, 0.2) is 11.6 Å². The van der Waals surface area contributed by atoms with Gasteiger partial charge in [-0.15, -0.1) is 0 Å². The Morgan fingerprint density at radius 3 is 2.31 bits per heavy atom.